The Labute approximate surface area is 83.4 Å². The molecule has 0 amide bonds. The van der Waals surface area contributed by atoms with Crippen molar-refractivity contribution >= 4 is 0 Å². The average molecular weight is 187 g/mol. The first-order chi connectivity index (χ1) is 6.92. The van der Waals surface area contributed by atoms with Crippen molar-refractivity contribution in [3.8, 4) is 0 Å². The predicted octanol–water partition coefficient (Wildman–Crippen LogP) is 3.42. The molecule has 1 unspecified atom stereocenters. The van der Waals surface area contributed by atoms with Gasteiger partial charge in [0.05, 0.1) is 0 Å². The zero-order valence-electron chi connectivity index (χ0n) is 8.06. The minimum atomic E-state index is 0.608. The van der Waals surface area contributed by atoms with Crippen molar-refractivity contribution in [2.45, 2.75) is 25.2 Å². The molecule has 0 saturated heterocycles. The van der Waals surface area contributed by atoms with Gasteiger partial charge in [-0.3, -0.25) is 0 Å². The molecule has 1 aromatic carbocycles. The highest BCUT2D eigenvalue weighted by atomic mass is 15.1. The third kappa shape index (κ3) is 1.73. The first kappa shape index (κ1) is 9.10. The lowest BCUT2D eigenvalue weighted by molar-refractivity contribution is 0.626. The maximum absolute atomic E-state index is 8.19. The summed E-state index contributed by atoms with van der Waals surface area (Å²) in [5.41, 5.74) is 11.1. The Morgan fingerprint density at radius 1 is 1.43 bits per heavy atom. The molecular formula is C11H13N3. The number of aryl methyl sites for hydroxylation is 1. The zero-order valence-corrected chi connectivity index (χ0v) is 8.06. The van der Waals surface area contributed by atoms with E-state index in [0.29, 0.717) is 12.5 Å². The van der Waals surface area contributed by atoms with Crippen molar-refractivity contribution in [2.75, 3.05) is 6.54 Å². The number of benzene rings is 1. The van der Waals surface area contributed by atoms with Gasteiger partial charge in [0.2, 0.25) is 0 Å². The standard InChI is InChI=1S/C11H13N3/c12-14-13-8-7-10-6-5-9-3-1-2-4-11(9)10/h1-4,10H,5-8H2. The van der Waals surface area contributed by atoms with Crippen LogP contribution in [0.1, 0.15) is 29.9 Å². The van der Waals surface area contributed by atoms with Crippen LogP contribution in [-0.2, 0) is 6.42 Å². The van der Waals surface area contributed by atoms with Crippen molar-refractivity contribution in [1.82, 2.24) is 0 Å². The molecule has 1 aliphatic carbocycles. The fourth-order valence-electron chi connectivity index (χ4n) is 2.20. The SMILES string of the molecule is [N-]=[N+]=NCCC1CCc2ccccc21. The van der Waals surface area contributed by atoms with E-state index < -0.39 is 0 Å². The molecule has 0 N–H and O–H groups in total. The van der Waals surface area contributed by atoms with E-state index in [0.717, 1.165) is 6.42 Å². The quantitative estimate of drug-likeness (QED) is 0.395. The molecule has 0 saturated carbocycles. The Bertz CT molecular complexity index is 367. The second-order valence-electron chi connectivity index (χ2n) is 3.68. The highest BCUT2D eigenvalue weighted by Gasteiger charge is 2.20. The summed E-state index contributed by atoms with van der Waals surface area (Å²) in [7, 11) is 0. The molecule has 72 valence electrons. The van der Waals surface area contributed by atoms with E-state index in [2.05, 4.69) is 34.3 Å². The second-order valence-corrected chi connectivity index (χ2v) is 3.68. The fourth-order valence-corrected chi connectivity index (χ4v) is 2.20. The molecule has 2 rings (SSSR count). The van der Waals surface area contributed by atoms with Crippen molar-refractivity contribution in [1.29, 1.82) is 0 Å². The van der Waals surface area contributed by atoms with Crippen LogP contribution in [0.25, 0.3) is 10.4 Å². The van der Waals surface area contributed by atoms with Gasteiger partial charge in [0, 0.05) is 11.5 Å². The summed E-state index contributed by atoms with van der Waals surface area (Å²) in [5.74, 6) is 0.608. The molecule has 0 radical (unpaired) electrons. The lowest BCUT2D eigenvalue weighted by Gasteiger charge is -2.08. The Morgan fingerprint density at radius 2 is 2.29 bits per heavy atom. The highest BCUT2D eigenvalue weighted by molar-refractivity contribution is 5.34. The normalized spacial score (nSPS) is 18.7. The molecule has 1 aliphatic rings. The summed E-state index contributed by atoms with van der Waals surface area (Å²) >= 11 is 0. The van der Waals surface area contributed by atoms with Crippen LogP contribution < -0.4 is 0 Å². The largest absolute Gasteiger partial charge is 0.0940 e. The van der Waals surface area contributed by atoms with E-state index in [1.165, 1.54) is 24.0 Å². The second kappa shape index (κ2) is 4.16. The molecule has 0 bridgehead atoms. The van der Waals surface area contributed by atoms with Gasteiger partial charge in [0.1, 0.15) is 0 Å². The van der Waals surface area contributed by atoms with Crippen LogP contribution in [0.2, 0.25) is 0 Å². The minimum Gasteiger partial charge on any atom is -0.0940 e. The first-order valence-electron chi connectivity index (χ1n) is 5.00. The third-order valence-electron chi connectivity index (χ3n) is 2.90. The van der Waals surface area contributed by atoms with E-state index in [1.807, 2.05) is 0 Å². The molecule has 1 aromatic rings. The molecule has 3 nitrogen and oxygen atoms in total. The molecule has 3 heteroatoms. The number of nitrogens with zero attached hydrogens (tertiary/aromatic N) is 3. The average Bonchev–Trinajstić information content (AvgIpc) is 2.63. The van der Waals surface area contributed by atoms with Crippen LogP contribution in [0.5, 0.6) is 0 Å². The highest BCUT2D eigenvalue weighted by Crippen LogP contribution is 2.34. The van der Waals surface area contributed by atoms with E-state index in [1.54, 1.807) is 0 Å². The monoisotopic (exact) mass is 187 g/mol. The lowest BCUT2D eigenvalue weighted by Crippen LogP contribution is -1.95. The van der Waals surface area contributed by atoms with Gasteiger partial charge in [-0.1, -0.05) is 29.4 Å². The molecule has 1 atom stereocenters. The number of rotatable bonds is 3. The molecular weight excluding hydrogens is 174 g/mol. The number of hydrogen-bond acceptors (Lipinski definition) is 1. The molecule has 0 aromatic heterocycles. The van der Waals surface area contributed by atoms with E-state index in [4.69, 9.17) is 5.53 Å². The zero-order chi connectivity index (χ0) is 9.80. The van der Waals surface area contributed by atoms with Crippen LogP contribution in [0.15, 0.2) is 29.4 Å². The van der Waals surface area contributed by atoms with E-state index in [9.17, 15) is 0 Å². The summed E-state index contributed by atoms with van der Waals surface area (Å²) in [4.78, 5) is 2.78. The van der Waals surface area contributed by atoms with Crippen LogP contribution >= 0.6 is 0 Å². The molecule has 0 heterocycles. The topological polar surface area (TPSA) is 48.8 Å². The van der Waals surface area contributed by atoms with Gasteiger partial charge >= 0.3 is 0 Å². The maximum atomic E-state index is 8.19. The summed E-state index contributed by atoms with van der Waals surface area (Å²) in [6.07, 6.45) is 3.37. The van der Waals surface area contributed by atoms with Gasteiger partial charge in [-0.05, 0) is 41.8 Å². The van der Waals surface area contributed by atoms with Crippen molar-refractivity contribution < 1.29 is 0 Å². The van der Waals surface area contributed by atoms with Gasteiger partial charge in [-0.15, -0.1) is 0 Å². The van der Waals surface area contributed by atoms with Gasteiger partial charge < -0.3 is 0 Å². The first-order valence-corrected chi connectivity index (χ1v) is 5.00. The van der Waals surface area contributed by atoms with Gasteiger partial charge in [-0.25, -0.2) is 0 Å². The van der Waals surface area contributed by atoms with Crippen LogP contribution in [0.3, 0.4) is 0 Å². The Morgan fingerprint density at radius 3 is 3.14 bits per heavy atom. The van der Waals surface area contributed by atoms with Crippen LogP contribution in [-0.4, -0.2) is 6.54 Å². The molecule has 0 spiro atoms. The maximum Gasteiger partial charge on any atom is 0.0263 e. The Kier molecular flexibility index (Phi) is 2.70. The minimum absolute atomic E-state index is 0.608. The van der Waals surface area contributed by atoms with Crippen molar-refractivity contribution in [3.05, 3.63) is 45.8 Å². The van der Waals surface area contributed by atoms with E-state index >= 15 is 0 Å². The predicted molar refractivity (Wildman–Crippen MR) is 56.1 cm³/mol. The Balaban J connectivity index is 2.06. The summed E-state index contributed by atoms with van der Waals surface area (Å²) in [5, 5.41) is 3.59. The number of fused-ring (bicyclic) bond motifs is 1. The van der Waals surface area contributed by atoms with Gasteiger partial charge in [0.25, 0.3) is 0 Å². The summed E-state index contributed by atoms with van der Waals surface area (Å²) < 4.78 is 0. The summed E-state index contributed by atoms with van der Waals surface area (Å²) in [6.45, 7) is 0.621. The smallest absolute Gasteiger partial charge is 0.0263 e. The third-order valence-corrected chi connectivity index (χ3v) is 2.90. The van der Waals surface area contributed by atoms with Crippen LogP contribution in [0.4, 0.5) is 0 Å². The molecule has 0 fully saturated rings. The molecule has 14 heavy (non-hydrogen) atoms. The molecule has 0 aliphatic heterocycles. The summed E-state index contributed by atoms with van der Waals surface area (Å²) in [6, 6.07) is 8.57. The van der Waals surface area contributed by atoms with E-state index in [-0.39, 0.29) is 0 Å². The number of hydrogen-bond donors (Lipinski definition) is 0. The Hall–Kier alpha value is -1.47. The van der Waals surface area contributed by atoms with Crippen molar-refractivity contribution in [2.24, 2.45) is 5.11 Å². The van der Waals surface area contributed by atoms with Gasteiger partial charge in [0.15, 0.2) is 0 Å². The van der Waals surface area contributed by atoms with Crippen molar-refractivity contribution in [3.63, 3.8) is 0 Å². The lowest BCUT2D eigenvalue weighted by atomic mass is 9.98. The van der Waals surface area contributed by atoms with Gasteiger partial charge in [-0.2, -0.15) is 0 Å². The fraction of sp³-hybridized carbons (Fsp3) is 0.455. The van der Waals surface area contributed by atoms with Crippen LogP contribution in [0, 0.1) is 0 Å². The number of azide groups is 1.